The second-order valence-corrected chi connectivity index (χ2v) is 8.76. The van der Waals surface area contributed by atoms with Crippen molar-refractivity contribution in [2.24, 2.45) is 5.41 Å². The van der Waals surface area contributed by atoms with Gasteiger partial charge in [0.25, 0.3) is 0 Å². The molecule has 4 N–H and O–H groups in total. The fourth-order valence-electron chi connectivity index (χ4n) is 4.04. The zero-order valence-electron chi connectivity index (χ0n) is 14.9. The zero-order valence-corrected chi connectivity index (χ0v) is 16.4. The Labute approximate surface area is 166 Å². The average molecular weight is 409 g/mol. The average Bonchev–Trinajstić information content (AvgIpc) is 3.01. The molecule has 27 heavy (non-hydrogen) atoms. The molecular formula is C18H22ClFN6S. The molecule has 0 bridgehead atoms. The Kier molecular flexibility index (Phi) is 5.03. The molecule has 2 aromatic heterocycles. The smallest absolute Gasteiger partial charge is 0.158 e. The molecular weight excluding hydrogens is 387 g/mol. The lowest BCUT2D eigenvalue weighted by molar-refractivity contribution is 0.203. The highest BCUT2D eigenvalue weighted by Gasteiger charge is 2.41. The number of piperidine rings is 1. The van der Waals surface area contributed by atoms with Gasteiger partial charge in [0.05, 0.1) is 11.2 Å². The van der Waals surface area contributed by atoms with E-state index in [-0.39, 0.29) is 11.2 Å². The lowest BCUT2D eigenvalue weighted by Crippen LogP contribution is -2.39. The van der Waals surface area contributed by atoms with Crippen LogP contribution < -0.4 is 16.4 Å². The summed E-state index contributed by atoms with van der Waals surface area (Å²) in [6.45, 7) is 1.72. The highest BCUT2D eigenvalue weighted by Crippen LogP contribution is 2.47. The summed E-state index contributed by atoms with van der Waals surface area (Å²) in [6, 6.07) is 1.77. The maximum absolute atomic E-state index is 13.6. The summed E-state index contributed by atoms with van der Waals surface area (Å²) in [5.41, 5.74) is 12.1. The van der Waals surface area contributed by atoms with Crippen LogP contribution in [0.3, 0.4) is 0 Å². The molecule has 1 saturated heterocycles. The van der Waals surface area contributed by atoms with Gasteiger partial charge in [-0.25, -0.2) is 19.3 Å². The second kappa shape index (κ2) is 7.31. The summed E-state index contributed by atoms with van der Waals surface area (Å²) in [4.78, 5) is 15.9. The van der Waals surface area contributed by atoms with Crippen molar-refractivity contribution in [3.63, 3.8) is 0 Å². The molecule has 2 aliphatic rings. The third-order valence-electron chi connectivity index (χ3n) is 5.63. The van der Waals surface area contributed by atoms with Gasteiger partial charge in [-0.1, -0.05) is 23.4 Å². The lowest BCUT2D eigenvalue weighted by atomic mass is 9.77. The summed E-state index contributed by atoms with van der Waals surface area (Å²) < 4.78 is 13.6. The molecule has 0 radical (unpaired) electrons. The van der Waals surface area contributed by atoms with E-state index in [0.29, 0.717) is 28.7 Å². The molecule has 4 rings (SSSR count). The Bertz CT molecular complexity index is 843. The zero-order chi connectivity index (χ0) is 19.0. The third-order valence-corrected chi connectivity index (χ3v) is 7.21. The van der Waals surface area contributed by atoms with Crippen molar-refractivity contribution in [3.05, 3.63) is 23.5 Å². The quantitative estimate of drug-likeness (QED) is 0.793. The Hall–Kier alpha value is -1.80. The predicted molar refractivity (Wildman–Crippen MR) is 107 cm³/mol. The van der Waals surface area contributed by atoms with E-state index in [1.165, 1.54) is 11.8 Å². The van der Waals surface area contributed by atoms with Gasteiger partial charge in [-0.3, -0.25) is 0 Å². The summed E-state index contributed by atoms with van der Waals surface area (Å²) >= 11 is 7.50. The van der Waals surface area contributed by atoms with E-state index in [9.17, 15) is 4.39 Å². The molecule has 9 heteroatoms. The third kappa shape index (κ3) is 3.78. The van der Waals surface area contributed by atoms with Gasteiger partial charge in [-0.15, -0.1) is 0 Å². The van der Waals surface area contributed by atoms with E-state index in [1.807, 2.05) is 0 Å². The Balaban J connectivity index is 1.45. The first-order valence-corrected chi connectivity index (χ1v) is 10.2. The van der Waals surface area contributed by atoms with Crippen LogP contribution in [-0.2, 0) is 0 Å². The van der Waals surface area contributed by atoms with Gasteiger partial charge < -0.3 is 16.4 Å². The van der Waals surface area contributed by atoms with Crippen LogP contribution in [0.15, 0.2) is 28.4 Å². The van der Waals surface area contributed by atoms with Crippen molar-refractivity contribution in [2.75, 3.05) is 29.5 Å². The van der Waals surface area contributed by atoms with E-state index in [4.69, 9.17) is 23.1 Å². The highest BCUT2D eigenvalue weighted by atomic mass is 35.5. The number of aromatic nitrogens is 3. The minimum atomic E-state index is -0.627. The predicted octanol–water partition coefficient (Wildman–Crippen LogP) is 3.95. The Morgan fingerprint density at radius 1 is 1.19 bits per heavy atom. The molecule has 0 aromatic carbocycles. The van der Waals surface area contributed by atoms with Gasteiger partial charge in [0.15, 0.2) is 5.82 Å². The number of halogens is 2. The number of anilines is 3. The van der Waals surface area contributed by atoms with Crippen LogP contribution in [-0.4, -0.2) is 34.2 Å². The number of alkyl halides is 1. The summed E-state index contributed by atoms with van der Waals surface area (Å²) in [6.07, 6.45) is 7.12. The fourth-order valence-corrected chi connectivity index (χ4v) is 5.05. The minimum Gasteiger partial charge on any atom is -0.382 e. The fraction of sp³-hybridized carbons (Fsp3) is 0.500. The van der Waals surface area contributed by atoms with Crippen molar-refractivity contribution in [3.8, 4) is 0 Å². The molecule has 144 valence electrons. The molecule has 1 saturated carbocycles. The molecule has 2 aromatic rings. The molecule has 1 aliphatic heterocycles. The largest absolute Gasteiger partial charge is 0.382 e. The van der Waals surface area contributed by atoms with Crippen molar-refractivity contribution < 1.29 is 4.39 Å². The van der Waals surface area contributed by atoms with Gasteiger partial charge in [0, 0.05) is 24.2 Å². The number of rotatable bonds is 3. The second-order valence-electron chi connectivity index (χ2n) is 7.36. The van der Waals surface area contributed by atoms with Gasteiger partial charge in [-0.2, -0.15) is 0 Å². The maximum Gasteiger partial charge on any atom is 0.158 e. The van der Waals surface area contributed by atoms with Crippen molar-refractivity contribution in [1.82, 2.24) is 15.0 Å². The first-order valence-electron chi connectivity index (χ1n) is 9.05. The van der Waals surface area contributed by atoms with Crippen LogP contribution in [0.4, 0.5) is 21.8 Å². The van der Waals surface area contributed by atoms with E-state index in [1.54, 1.807) is 18.5 Å². The maximum atomic E-state index is 13.6. The van der Waals surface area contributed by atoms with E-state index in [2.05, 4.69) is 19.9 Å². The number of nitrogens with zero attached hydrogens (tertiary/aromatic N) is 4. The SMILES string of the molecule is Nc1nc(N2CCC3(CC[C@@H](F)C3)CC2)cnc1Sc1ccnc(N)c1Cl. The molecule has 6 nitrogen and oxygen atoms in total. The molecule has 2 fully saturated rings. The normalized spacial score (nSPS) is 21.7. The van der Waals surface area contributed by atoms with Crippen molar-refractivity contribution in [1.29, 1.82) is 0 Å². The lowest BCUT2D eigenvalue weighted by Gasteiger charge is -2.39. The van der Waals surface area contributed by atoms with Crippen molar-refractivity contribution in [2.45, 2.75) is 48.2 Å². The van der Waals surface area contributed by atoms with Crippen LogP contribution in [0.2, 0.25) is 5.02 Å². The topological polar surface area (TPSA) is 94.0 Å². The van der Waals surface area contributed by atoms with E-state index < -0.39 is 6.17 Å². The number of hydrogen-bond donors (Lipinski definition) is 2. The summed E-state index contributed by atoms with van der Waals surface area (Å²) in [5.74, 6) is 1.39. The Morgan fingerprint density at radius 2 is 1.96 bits per heavy atom. The number of hydrogen-bond acceptors (Lipinski definition) is 7. The number of nitrogen functional groups attached to an aromatic ring is 2. The first kappa shape index (κ1) is 18.6. The summed E-state index contributed by atoms with van der Waals surface area (Å²) in [7, 11) is 0. The van der Waals surface area contributed by atoms with Crippen LogP contribution in [0.5, 0.6) is 0 Å². The van der Waals surface area contributed by atoms with Crippen LogP contribution in [0, 0.1) is 5.41 Å². The van der Waals surface area contributed by atoms with Crippen LogP contribution in [0.1, 0.15) is 32.1 Å². The molecule has 1 atom stereocenters. The number of pyridine rings is 1. The van der Waals surface area contributed by atoms with Gasteiger partial charge >= 0.3 is 0 Å². The standard InChI is InChI=1S/C18H22ClFN6S/c19-14-12(2-6-23-15(14)21)27-17-16(22)25-13(10-24-17)26-7-4-18(5-8-26)3-1-11(20)9-18/h2,6,10-11H,1,3-5,7-9H2,(H2,21,23)(H2,22,25)/t11-/m1/s1. The van der Waals surface area contributed by atoms with Crippen LogP contribution >= 0.6 is 23.4 Å². The van der Waals surface area contributed by atoms with E-state index >= 15 is 0 Å². The van der Waals surface area contributed by atoms with Crippen LogP contribution in [0.25, 0.3) is 0 Å². The molecule has 1 spiro atoms. The molecule has 0 unspecified atom stereocenters. The van der Waals surface area contributed by atoms with Crippen molar-refractivity contribution >= 4 is 40.8 Å². The summed E-state index contributed by atoms with van der Waals surface area (Å²) in [5, 5.41) is 0.965. The minimum absolute atomic E-state index is 0.183. The van der Waals surface area contributed by atoms with E-state index in [0.717, 1.165) is 43.1 Å². The highest BCUT2D eigenvalue weighted by molar-refractivity contribution is 7.99. The van der Waals surface area contributed by atoms with Gasteiger partial charge in [-0.05, 0) is 43.6 Å². The monoisotopic (exact) mass is 408 g/mol. The van der Waals surface area contributed by atoms with Gasteiger partial charge in [0.2, 0.25) is 0 Å². The molecule has 1 aliphatic carbocycles. The Morgan fingerprint density at radius 3 is 2.63 bits per heavy atom. The van der Waals surface area contributed by atoms with Gasteiger partial charge in [0.1, 0.15) is 22.8 Å². The number of nitrogens with two attached hydrogens (primary N) is 2. The molecule has 0 amide bonds. The first-order chi connectivity index (χ1) is 13.0. The molecule has 3 heterocycles.